The van der Waals surface area contributed by atoms with E-state index in [1.807, 2.05) is 6.92 Å². The fraction of sp³-hybridized carbons (Fsp3) is 0.864. The van der Waals surface area contributed by atoms with E-state index in [9.17, 15) is 4.79 Å². The minimum Gasteiger partial charge on any atom is -0.462 e. The minimum absolute atomic E-state index is 0.117. The molecule has 0 saturated heterocycles. The molecule has 0 atom stereocenters. The lowest BCUT2D eigenvalue weighted by atomic mass is 9.72. The van der Waals surface area contributed by atoms with Gasteiger partial charge in [-0.2, -0.15) is 0 Å². The maximum Gasteiger partial charge on any atom is 0.336 e. The van der Waals surface area contributed by atoms with Gasteiger partial charge in [-0.15, -0.1) is 0 Å². The van der Waals surface area contributed by atoms with Crippen LogP contribution in [0.4, 0.5) is 0 Å². The van der Waals surface area contributed by atoms with Gasteiger partial charge >= 0.3 is 5.97 Å². The molecule has 0 spiro atoms. The smallest absolute Gasteiger partial charge is 0.336 e. The fourth-order valence-corrected chi connectivity index (χ4v) is 4.45. The second-order valence-corrected chi connectivity index (χ2v) is 8.23. The van der Waals surface area contributed by atoms with Crippen molar-refractivity contribution in [2.45, 2.75) is 85.0 Å². The van der Waals surface area contributed by atoms with Crippen molar-refractivity contribution in [1.82, 2.24) is 0 Å². The zero-order valence-corrected chi connectivity index (χ0v) is 16.6. The van der Waals surface area contributed by atoms with Crippen LogP contribution in [0.3, 0.4) is 0 Å². The van der Waals surface area contributed by atoms with Gasteiger partial charge in [0.15, 0.2) is 0 Å². The molecule has 3 heteroatoms. The van der Waals surface area contributed by atoms with Crippen LogP contribution in [-0.4, -0.2) is 25.8 Å². The maximum atomic E-state index is 12.9. The molecule has 0 aliphatic heterocycles. The van der Waals surface area contributed by atoms with E-state index in [1.54, 1.807) is 0 Å². The van der Waals surface area contributed by atoms with Crippen molar-refractivity contribution in [1.29, 1.82) is 0 Å². The lowest BCUT2D eigenvalue weighted by Crippen LogP contribution is -2.26. The molecule has 0 aromatic carbocycles. The van der Waals surface area contributed by atoms with Crippen molar-refractivity contribution in [3.05, 3.63) is 11.1 Å². The quantitative estimate of drug-likeness (QED) is 0.417. The Morgan fingerprint density at radius 3 is 1.88 bits per heavy atom. The molecular formula is C22H38O3. The summed E-state index contributed by atoms with van der Waals surface area (Å²) in [4.78, 5) is 12.9. The first-order chi connectivity index (χ1) is 12.1. The molecule has 2 aliphatic rings. The van der Waals surface area contributed by atoms with E-state index in [1.165, 1.54) is 69.8 Å². The summed E-state index contributed by atoms with van der Waals surface area (Å²) in [5, 5.41) is 0. The number of hydrogen-bond donors (Lipinski definition) is 0. The van der Waals surface area contributed by atoms with Crippen LogP contribution in [0.15, 0.2) is 11.1 Å². The fourth-order valence-electron chi connectivity index (χ4n) is 4.45. The Kier molecular flexibility index (Phi) is 9.02. The molecule has 0 heterocycles. The average Bonchev–Trinajstić information content (AvgIpc) is 2.64. The predicted molar refractivity (Wildman–Crippen MR) is 102 cm³/mol. The van der Waals surface area contributed by atoms with E-state index in [4.69, 9.17) is 9.47 Å². The second-order valence-electron chi connectivity index (χ2n) is 8.23. The van der Waals surface area contributed by atoms with E-state index in [0.717, 1.165) is 5.57 Å². The van der Waals surface area contributed by atoms with Crippen LogP contribution >= 0.6 is 0 Å². The highest BCUT2D eigenvalue weighted by molar-refractivity contribution is 5.90. The Bertz CT molecular complexity index is 407. The lowest BCUT2D eigenvalue weighted by molar-refractivity contribution is -0.141. The summed E-state index contributed by atoms with van der Waals surface area (Å²) in [6.45, 7) is 7.74. The first-order valence-corrected chi connectivity index (χ1v) is 10.6. The van der Waals surface area contributed by atoms with E-state index < -0.39 is 0 Å². The number of rotatable bonds is 8. The average molecular weight is 351 g/mol. The van der Waals surface area contributed by atoms with E-state index in [0.29, 0.717) is 37.6 Å². The molecule has 2 rings (SSSR count). The first-order valence-electron chi connectivity index (χ1n) is 10.6. The summed E-state index contributed by atoms with van der Waals surface area (Å²) in [6, 6.07) is 0. The summed E-state index contributed by atoms with van der Waals surface area (Å²) in [5.41, 5.74) is 2.28. The molecule has 2 aliphatic carbocycles. The Morgan fingerprint density at radius 1 is 0.920 bits per heavy atom. The normalized spacial score (nSPS) is 19.8. The zero-order valence-electron chi connectivity index (χ0n) is 16.6. The molecule has 0 radical (unpaired) electrons. The summed E-state index contributed by atoms with van der Waals surface area (Å²) in [6.07, 6.45) is 12.8. The molecule has 0 bridgehead atoms. The van der Waals surface area contributed by atoms with Gasteiger partial charge in [0, 0.05) is 6.61 Å². The number of carbonyl (C=O) groups is 1. The molecule has 0 amide bonds. The largest absolute Gasteiger partial charge is 0.462 e. The van der Waals surface area contributed by atoms with Crippen LogP contribution in [-0.2, 0) is 14.3 Å². The molecule has 2 fully saturated rings. The molecule has 0 unspecified atom stereocenters. The van der Waals surface area contributed by atoms with Gasteiger partial charge in [0.25, 0.3) is 0 Å². The molecule has 2 saturated carbocycles. The van der Waals surface area contributed by atoms with Gasteiger partial charge in [0.1, 0.15) is 0 Å². The van der Waals surface area contributed by atoms with E-state index >= 15 is 0 Å². The molecule has 144 valence electrons. The molecule has 3 nitrogen and oxygen atoms in total. The second kappa shape index (κ2) is 11.0. The third-order valence-corrected chi connectivity index (χ3v) is 5.68. The summed E-state index contributed by atoms with van der Waals surface area (Å²) >= 11 is 0. The van der Waals surface area contributed by atoms with Crippen LogP contribution in [0, 0.1) is 17.8 Å². The Hall–Kier alpha value is -0.830. The van der Waals surface area contributed by atoms with E-state index in [2.05, 4.69) is 13.8 Å². The zero-order chi connectivity index (χ0) is 18.1. The van der Waals surface area contributed by atoms with Gasteiger partial charge in [0.05, 0.1) is 18.8 Å². The van der Waals surface area contributed by atoms with Gasteiger partial charge in [0.2, 0.25) is 0 Å². The highest BCUT2D eigenvalue weighted by atomic mass is 16.5. The van der Waals surface area contributed by atoms with Gasteiger partial charge < -0.3 is 9.47 Å². The summed E-state index contributed by atoms with van der Waals surface area (Å²) in [7, 11) is 0. The lowest BCUT2D eigenvalue weighted by Gasteiger charge is -2.34. The van der Waals surface area contributed by atoms with Gasteiger partial charge in [-0.25, -0.2) is 4.79 Å². The molecular weight excluding hydrogens is 312 g/mol. The van der Waals surface area contributed by atoms with Crippen LogP contribution in [0.2, 0.25) is 0 Å². The number of esters is 1. The monoisotopic (exact) mass is 350 g/mol. The highest BCUT2D eigenvalue weighted by Gasteiger charge is 2.31. The predicted octanol–water partition coefficient (Wildman–Crippen LogP) is 5.68. The number of allylic oxidation sites excluding steroid dienone is 1. The third-order valence-electron chi connectivity index (χ3n) is 5.68. The SMILES string of the molecule is CCOCC(C(=O)OCC(C)C)=C(C1CCCCC1)C1CCCCC1. The molecule has 0 N–H and O–H groups in total. The minimum atomic E-state index is -0.117. The van der Waals surface area contributed by atoms with Crippen LogP contribution in [0.5, 0.6) is 0 Å². The van der Waals surface area contributed by atoms with Crippen molar-refractivity contribution in [3.8, 4) is 0 Å². The van der Waals surface area contributed by atoms with Gasteiger partial charge in [-0.05, 0) is 50.4 Å². The molecule has 25 heavy (non-hydrogen) atoms. The van der Waals surface area contributed by atoms with Crippen molar-refractivity contribution < 1.29 is 14.3 Å². The standard InChI is InChI=1S/C22H38O3/c1-4-24-16-20(22(23)25-15-17(2)3)21(18-11-7-5-8-12-18)19-13-9-6-10-14-19/h17-19H,4-16H2,1-3H3. The Labute approximate surface area is 154 Å². The van der Waals surface area contributed by atoms with E-state index in [-0.39, 0.29) is 5.97 Å². The van der Waals surface area contributed by atoms with Crippen molar-refractivity contribution >= 4 is 5.97 Å². The molecule has 0 aromatic heterocycles. The topological polar surface area (TPSA) is 35.5 Å². The summed E-state index contributed by atoms with van der Waals surface area (Å²) < 4.78 is 11.4. The summed E-state index contributed by atoms with van der Waals surface area (Å²) in [5.74, 6) is 1.39. The maximum absolute atomic E-state index is 12.9. The van der Waals surface area contributed by atoms with Crippen LogP contribution < -0.4 is 0 Å². The number of hydrogen-bond acceptors (Lipinski definition) is 3. The Balaban J connectivity index is 2.29. The van der Waals surface area contributed by atoms with Crippen molar-refractivity contribution in [2.24, 2.45) is 17.8 Å². The van der Waals surface area contributed by atoms with Gasteiger partial charge in [-0.3, -0.25) is 0 Å². The highest BCUT2D eigenvalue weighted by Crippen LogP contribution is 2.41. The van der Waals surface area contributed by atoms with Crippen molar-refractivity contribution in [3.63, 3.8) is 0 Å². The Morgan fingerprint density at radius 2 is 1.44 bits per heavy atom. The van der Waals surface area contributed by atoms with Crippen LogP contribution in [0.25, 0.3) is 0 Å². The molecule has 0 aromatic rings. The van der Waals surface area contributed by atoms with Crippen LogP contribution in [0.1, 0.15) is 85.0 Å². The first kappa shape index (κ1) is 20.5. The van der Waals surface area contributed by atoms with Gasteiger partial charge in [-0.1, -0.05) is 57.9 Å². The number of ether oxygens (including phenoxy) is 2. The third kappa shape index (κ3) is 6.44. The van der Waals surface area contributed by atoms with Crippen molar-refractivity contribution in [2.75, 3.05) is 19.8 Å². The number of carbonyl (C=O) groups excluding carboxylic acids is 1.